The summed E-state index contributed by atoms with van der Waals surface area (Å²) in [5, 5.41) is 6.99. The molecule has 0 radical (unpaired) electrons. The molecule has 0 spiro atoms. The zero-order chi connectivity index (χ0) is 22.1. The Morgan fingerprint density at radius 1 is 1.13 bits per heavy atom. The van der Waals surface area contributed by atoms with Crippen molar-refractivity contribution in [3.63, 3.8) is 0 Å². The van der Waals surface area contributed by atoms with Gasteiger partial charge in [-0.25, -0.2) is 4.79 Å². The Kier molecular flexibility index (Phi) is 12.4. The van der Waals surface area contributed by atoms with Crippen LogP contribution in [0, 0.1) is 11.8 Å². The number of nitrogens with one attached hydrogen (secondary N) is 2. The van der Waals surface area contributed by atoms with Gasteiger partial charge in [-0.2, -0.15) is 0 Å². The van der Waals surface area contributed by atoms with Gasteiger partial charge in [-0.15, -0.1) is 24.0 Å². The number of guanidine groups is 1. The Morgan fingerprint density at radius 2 is 1.74 bits per heavy atom. The SMILES string of the molecule is CN=C(NCC1CCN(C(=O)OC(C)(C)C)CC1)NCC(C(C)C)N1CCOCC1.I. The monoisotopic (exact) mass is 553 g/mol. The molecule has 2 heterocycles. The fourth-order valence-electron chi connectivity index (χ4n) is 4.00. The molecule has 0 aliphatic carbocycles. The fraction of sp³-hybridized carbons (Fsp3) is 0.909. The van der Waals surface area contributed by atoms with Gasteiger partial charge in [-0.3, -0.25) is 9.89 Å². The molecule has 0 saturated carbocycles. The van der Waals surface area contributed by atoms with E-state index in [1.807, 2.05) is 32.7 Å². The highest BCUT2D eigenvalue weighted by Crippen LogP contribution is 2.19. The maximum Gasteiger partial charge on any atom is 0.410 e. The lowest BCUT2D eigenvalue weighted by Crippen LogP contribution is -2.53. The molecule has 1 unspecified atom stereocenters. The van der Waals surface area contributed by atoms with Crippen LogP contribution in [0.3, 0.4) is 0 Å². The van der Waals surface area contributed by atoms with Crippen LogP contribution < -0.4 is 10.6 Å². The minimum atomic E-state index is -0.442. The quantitative estimate of drug-likeness (QED) is 0.299. The van der Waals surface area contributed by atoms with E-state index >= 15 is 0 Å². The van der Waals surface area contributed by atoms with Crippen LogP contribution >= 0.6 is 24.0 Å². The first-order chi connectivity index (χ1) is 14.2. The van der Waals surface area contributed by atoms with E-state index in [-0.39, 0.29) is 30.1 Å². The van der Waals surface area contributed by atoms with Crippen molar-refractivity contribution >= 4 is 36.0 Å². The third-order valence-corrected chi connectivity index (χ3v) is 5.81. The molecule has 0 aromatic rings. The van der Waals surface area contributed by atoms with Crippen molar-refractivity contribution in [3.05, 3.63) is 0 Å². The van der Waals surface area contributed by atoms with Crippen LogP contribution in [0.4, 0.5) is 4.79 Å². The fourth-order valence-corrected chi connectivity index (χ4v) is 4.00. The van der Waals surface area contributed by atoms with Gasteiger partial charge in [0.15, 0.2) is 5.96 Å². The van der Waals surface area contributed by atoms with Crippen LogP contribution in [0.25, 0.3) is 0 Å². The first-order valence-electron chi connectivity index (χ1n) is 11.4. The number of nitrogens with zero attached hydrogens (tertiary/aromatic N) is 3. The third-order valence-electron chi connectivity index (χ3n) is 5.81. The van der Waals surface area contributed by atoms with Crippen molar-refractivity contribution in [2.75, 3.05) is 59.5 Å². The first kappa shape index (κ1) is 28.2. The average molecular weight is 554 g/mol. The highest BCUT2D eigenvalue weighted by molar-refractivity contribution is 14.0. The second-order valence-corrected chi connectivity index (χ2v) is 9.70. The molecule has 0 bridgehead atoms. The van der Waals surface area contributed by atoms with Crippen LogP contribution in [0.1, 0.15) is 47.5 Å². The Labute approximate surface area is 205 Å². The van der Waals surface area contributed by atoms with Gasteiger partial charge < -0.3 is 25.0 Å². The Morgan fingerprint density at radius 3 is 2.26 bits per heavy atom. The number of likely N-dealkylation sites (tertiary alicyclic amines) is 1. The van der Waals surface area contributed by atoms with Crippen molar-refractivity contribution in [2.45, 2.75) is 59.1 Å². The molecule has 2 rings (SSSR count). The maximum atomic E-state index is 12.2. The molecular formula is C22H44IN5O3. The van der Waals surface area contributed by atoms with Gasteiger partial charge in [-0.05, 0) is 45.4 Å². The second-order valence-electron chi connectivity index (χ2n) is 9.70. The summed E-state index contributed by atoms with van der Waals surface area (Å²) in [4.78, 5) is 21.0. The van der Waals surface area contributed by atoms with E-state index in [1.165, 1.54) is 0 Å². The van der Waals surface area contributed by atoms with Crippen molar-refractivity contribution < 1.29 is 14.3 Å². The molecule has 1 atom stereocenters. The molecule has 2 N–H and O–H groups in total. The Bertz CT molecular complexity index is 554. The number of carbonyl (C=O) groups is 1. The van der Waals surface area contributed by atoms with Gasteiger partial charge in [0, 0.05) is 52.4 Å². The van der Waals surface area contributed by atoms with Crippen molar-refractivity contribution in [3.8, 4) is 0 Å². The zero-order valence-corrected chi connectivity index (χ0v) is 22.6. The van der Waals surface area contributed by atoms with E-state index in [4.69, 9.17) is 9.47 Å². The van der Waals surface area contributed by atoms with E-state index in [9.17, 15) is 4.79 Å². The Balaban J connectivity index is 0.00000480. The minimum absolute atomic E-state index is 0. The normalized spacial score (nSPS) is 20.2. The van der Waals surface area contributed by atoms with Gasteiger partial charge in [0.1, 0.15) is 5.60 Å². The second kappa shape index (κ2) is 13.7. The van der Waals surface area contributed by atoms with Crippen molar-refractivity contribution in [2.24, 2.45) is 16.8 Å². The summed E-state index contributed by atoms with van der Waals surface area (Å²) in [5.74, 6) is 1.94. The average Bonchev–Trinajstić information content (AvgIpc) is 2.70. The number of rotatable bonds is 6. The van der Waals surface area contributed by atoms with E-state index in [0.717, 1.165) is 71.3 Å². The predicted molar refractivity (Wildman–Crippen MR) is 136 cm³/mol. The van der Waals surface area contributed by atoms with E-state index in [1.54, 1.807) is 0 Å². The lowest BCUT2D eigenvalue weighted by Gasteiger charge is -2.37. The number of aliphatic imine (C=N–C) groups is 1. The van der Waals surface area contributed by atoms with Crippen LogP contribution in [-0.4, -0.2) is 93.0 Å². The van der Waals surface area contributed by atoms with Gasteiger partial charge >= 0.3 is 6.09 Å². The van der Waals surface area contributed by atoms with Gasteiger partial charge in [0.2, 0.25) is 0 Å². The molecule has 2 saturated heterocycles. The molecule has 1 amide bonds. The summed E-state index contributed by atoms with van der Waals surface area (Å²) in [5.41, 5.74) is -0.442. The Hall–Kier alpha value is -0.810. The highest BCUT2D eigenvalue weighted by atomic mass is 127. The van der Waals surface area contributed by atoms with Gasteiger partial charge in [0.25, 0.3) is 0 Å². The topological polar surface area (TPSA) is 78.4 Å². The molecule has 9 heteroatoms. The van der Waals surface area contributed by atoms with E-state index in [2.05, 4.69) is 34.4 Å². The smallest absolute Gasteiger partial charge is 0.410 e. The molecule has 2 aliphatic rings. The number of amides is 1. The standard InChI is InChI=1S/C22H43N5O3.HI/c1-17(2)19(26-11-13-29-14-12-26)16-25-20(23-6)24-15-18-7-9-27(10-8-18)21(28)30-22(3,4)5;/h17-19H,7-16H2,1-6H3,(H2,23,24,25);1H. The van der Waals surface area contributed by atoms with Crippen LogP contribution in [0.2, 0.25) is 0 Å². The van der Waals surface area contributed by atoms with Crippen LogP contribution in [0.15, 0.2) is 4.99 Å². The van der Waals surface area contributed by atoms with Crippen molar-refractivity contribution in [1.82, 2.24) is 20.4 Å². The summed E-state index contributed by atoms with van der Waals surface area (Å²) >= 11 is 0. The van der Waals surface area contributed by atoms with Gasteiger partial charge in [0.05, 0.1) is 13.2 Å². The molecule has 8 nitrogen and oxygen atoms in total. The summed E-state index contributed by atoms with van der Waals surface area (Å²) in [7, 11) is 1.82. The number of morpholine rings is 1. The van der Waals surface area contributed by atoms with E-state index in [0.29, 0.717) is 17.9 Å². The molecule has 2 aliphatic heterocycles. The van der Waals surface area contributed by atoms with Gasteiger partial charge in [-0.1, -0.05) is 13.8 Å². The lowest BCUT2D eigenvalue weighted by molar-refractivity contribution is 0.00749. The first-order valence-corrected chi connectivity index (χ1v) is 11.4. The van der Waals surface area contributed by atoms with Crippen molar-refractivity contribution in [1.29, 1.82) is 0 Å². The minimum Gasteiger partial charge on any atom is -0.444 e. The number of hydrogen-bond acceptors (Lipinski definition) is 5. The molecule has 0 aromatic carbocycles. The lowest BCUT2D eigenvalue weighted by atomic mass is 9.97. The summed E-state index contributed by atoms with van der Waals surface area (Å²) in [6.45, 7) is 17.1. The summed E-state index contributed by atoms with van der Waals surface area (Å²) < 4.78 is 11.0. The number of carbonyl (C=O) groups excluding carboxylic acids is 1. The number of halogens is 1. The predicted octanol–water partition coefficient (Wildman–Crippen LogP) is 2.77. The van der Waals surface area contributed by atoms with E-state index < -0.39 is 5.60 Å². The van der Waals surface area contributed by atoms with Crippen LogP contribution in [-0.2, 0) is 9.47 Å². The summed E-state index contributed by atoms with van der Waals surface area (Å²) in [6, 6.07) is 0.463. The maximum absolute atomic E-state index is 12.2. The number of ether oxygens (including phenoxy) is 2. The molecule has 182 valence electrons. The molecular weight excluding hydrogens is 509 g/mol. The highest BCUT2D eigenvalue weighted by Gasteiger charge is 2.27. The number of hydrogen-bond donors (Lipinski definition) is 2. The number of piperidine rings is 1. The summed E-state index contributed by atoms with van der Waals surface area (Å²) in [6.07, 6.45) is 1.76. The molecule has 31 heavy (non-hydrogen) atoms. The zero-order valence-electron chi connectivity index (χ0n) is 20.3. The largest absolute Gasteiger partial charge is 0.444 e. The molecule has 2 fully saturated rings. The third kappa shape index (κ3) is 10.1. The molecule has 0 aromatic heterocycles. The van der Waals surface area contributed by atoms with Crippen LogP contribution in [0.5, 0.6) is 0 Å².